The van der Waals surface area contributed by atoms with Gasteiger partial charge >= 0.3 is 6.03 Å². The Hall–Kier alpha value is -2.70. The molecule has 25 heavy (non-hydrogen) atoms. The van der Waals surface area contributed by atoms with Crippen LogP contribution in [0.3, 0.4) is 0 Å². The van der Waals surface area contributed by atoms with Crippen molar-refractivity contribution in [3.63, 3.8) is 0 Å². The smallest absolute Gasteiger partial charge is 0.317 e. The number of pyridine rings is 1. The maximum absolute atomic E-state index is 13.9. The zero-order valence-electron chi connectivity index (χ0n) is 14.8. The lowest BCUT2D eigenvalue weighted by Crippen LogP contribution is -2.38. The van der Waals surface area contributed by atoms with E-state index < -0.39 is 17.7 Å². The number of anilines is 1. The van der Waals surface area contributed by atoms with Gasteiger partial charge in [0.2, 0.25) is 0 Å². The molecule has 7 heteroatoms. The van der Waals surface area contributed by atoms with E-state index in [0.29, 0.717) is 6.54 Å². The van der Waals surface area contributed by atoms with Crippen LogP contribution in [0.4, 0.5) is 19.4 Å². The van der Waals surface area contributed by atoms with Gasteiger partial charge in [0.1, 0.15) is 17.5 Å². The van der Waals surface area contributed by atoms with Crippen LogP contribution in [-0.4, -0.2) is 37.1 Å². The quantitative estimate of drug-likeness (QED) is 0.902. The minimum absolute atomic E-state index is 0.136. The summed E-state index contributed by atoms with van der Waals surface area (Å²) in [6, 6.07) is 5.92. The van der Waals surface area contributed by atoms with Crippen LogP contribution in [0.25, 0.3) is 0 Å². The molecule has 134 valence electrons. The minimum Gasteiger partial charge on any atom is -0.363 e. The molecule has 0 spiro atoms. The number of hydrogen-bond acceptors (Lipinski definition) is 3. The summed E-state index contributed by atoms with van der Waals surface area (Å²) >= 11 is 0. The molecule has 0 aliphatic heterocycles. The predicted molar refractivity (Wildman–Crippen MR) is 93.3 cm³/mol. The van der Waals surface area contributed by atoms with Crippen molar-refractivity contribution in [2.45, 2.75) is 19.5 Å². The number of halogens is 2. The Morgan fingerprint density at radius 2 is 1.92 bits per heavy atom. The molecule has 0 bridgehead atoms. The number of hydrogen-bond donors (Lipinski definition) is 1. The van der Waals surface area contributed by atoms with Crippen LogP contribution < -0.4 is 10.2 Å². The maximum atomic E-state index is 13.9. The van der Waals surface area contributed by atoms with E-state index in [-0.39, 0.29) is 11.6 Å². The normalized spacial score (nSPS) is 11.8. The summed E-state index contributed by atoms with van der Waals surface area (Å²) in [5, 5.41) is 2.77. The lowest BCUT2D eigenvalue weighted by atomic mass is 10.1. The molecule has 0 radical (unpaired) electrons. The highest BCUT2D eigenvalue weighted by Gasteiger charge is 2.20. The number of amides is 2. The average molecular weight is 348 g/mol. The second kappa shape index (κ2) is 7.92. The maximum Gasteiger partial charge on any atom is 0.317 e. The first-order valence-corrected chi connectivity index (χ1v) is 7.87. The van der Waals surface area contributed by atoms with Crippen molar-refractivity contribution >= 4 is 11.8 Å². The summed E-state index contributed by atoms with van der Waals surface area (Å²) < 4.78 is 27.2. The van der Waals surface area contributed by atoms with Crippen LogP contribution in [0, 0.1) is 11.6 Å². The topological polar surface area (TPSA) is 48.5 Å². The molecule has 0 unspecified atom stereocenters. The molecule has 1 atom stereocenters. The van der Waals surface area contributed by atoms with Crippen molar-refractivity contribution in [1.82, 2.24) is 15.2 Å². The molecule has 2 aromatic rings. The number of urea groups is 1. The number of nitrogens with one attached hydrogen (secondary N) is 1. The van der Waals surface area contributed by atoms with Gasteiger partial charge in [-0.2, -0.15) is 0 Å². The number of aromatic nitrogens is 1. The molecule has 0 fully saturated rings. The second-order valence-corrected chi connectivity index (χ2v) is 6.03. The van der Waals surface area contributed by atoms with Crippen LogP contribution in [0.5, 0.6) is 0 Å². The molecule has 0 aliphatic carbocycles. The van der Waals surface area contributed by atoms with Crippen LogP contribution >= 0.6 is 0 Å². The van der Waals surface area contributed by atoms with Gasteiger partial charge in [-0.05, 0) is 42.8 Å². The first-order chi connectivity index (χ1) is 11.8. The highest BCUT2D eigenvalue weighted by molar-refractivity contribution is 5.74. The first-order valence-electron chi connectivity index (χ1n) is 7.87. The van der Waals surface area contributed by atoms with Crippen molar-refractivity contribution in [3.05, 3.63) is 59.3 Å². The zero-order chi connectivity index (χ0) is 18.6. The van der Waals surface area contributed by atoms with E-state index in [0.717, 1.165) is 29.6 Å². The fourth-order valence-corrected chi connectivity index (χ4v) is 2.34. The van der Waals surface area contributed by atoms with Gasteiger partial charge in [0.05, 0.1) is 6.04 Å². The van der Waals surface area contributed by atoms with Gasteiger partial charge in [-0.3, -0.25) is 0 Å². The summed E-state index contributed by atoms with van der Waals surface area (Å²) in [4.78, 5) is 19.7. The molecular formula is C18H22F2N4O. The molecule has 1 heterocycles. The van der Waals surface area contributed by atoms with Gasteiger partial charge in [0.25, 0.3) is 0 Å². The molecule has 2 amide bonds. The Kier molecular flexibility index (Phi) is 5.90. The third-order valence-electron chi connectivity index (χ3n) is 4.02. The van der Waals surface area contributed by atoms with Gasteiger partial charge < -0.3 is 15.1 Å². The second-order valence-electron chi connectivity index (χ2n) is 6.03. The van der Waals surface area contributed by atoms with Gasteiger partial charge in [-0.25, -0.2) is 18.6 Å². The standard InChI is InChI=1S/C18H22F2N4O/c1-12(15-10-14(19)5-6-16(15)20)24(4)18(25)22-11-13-7-8-21-17(9-13)23(2)3/h5-10,12H,11H2,1-4H3,(H,22,25)/t12-/m0/s1. The molecule has 2 rings (SSSR count). The van der Waals surface area contributed by atoms with Crippen molar-refractivity contribution in [2.24, 2.45) is 0 Å². The van der Waals surface area contributed by atoms with Crippen molar-refractivity contribution < 1.29 is 13.6 Å². The lowest BCUT2D eigenvalue weighted by Gasteiger charge is -2.26. The molecule has 0 aliphatic rings. The fourth-order valence-electron chi connectivity index (χ4n) is 2.34. The molecule has 0 saturated carbocycles. The van der Waals surface area contributed by atoms with E-state index in [1.165, 1.54) is 4.90 Å². The molecule has 0 saturated heterocycles. The van der Waals surface area contributed by atoms with Gasteiger partial charge in [0.15, 0.2) is 0 Å². The van der Waals surface area contributed by atoms with E-state index in [4.69, 9.17) is 0 Å². The van der Waals surface area contributed by atoms with Crippen molar-refractivity contribution in [2.75, 3.05) is 26.0 Å². The van der Waals surface area contributed by atoms with E-state index in [1.54, 1.807) is 20.2 Å². The minimum atomic E-state index is -0.606. The monoisotopic (exact) mass is 348 g/mol. The Morgan fingerprint density at radius 3 is 2.60 bits per heavy atom. The average Bonchev–Trinajstić information content (AvgIpc) is 2.60. The Labute approximate surface area is 146 Å². The number of benzene rings is 1. The molecule has 1 aromatic heterocycles. The summed E-state index contributed by atoms with van der Waals surface area (Å²) in [5.74, 6) is -0.293. The molecular weight excluding hydrogens is 326 g/mol. The molecule has 1 aromatic carbocycles. The largest absolute Gasteiger partial charge is 0.363 e. The number of rotatable bonds is 5. The Bertz CT molecular complexity index is 752. The summed E-state index contributed by atoms with van der Waals surface area (Å²) in [6.45, 7) is 1.96. The number of carbonyl (C=O) groups excluding carboxylic acids is 1. The van der Waals surface area contributed by atoms with Crippen LogP contribution in [0.1, 0.15) is 24.1 Å². The predicted octanol–water partition coefficient (Wildman–Crippen LogP) is 3.33. The lowest BCUT2D eigenvalue weighted by molar-refractivity contribution is 0.193. The van der Waals surface area contributed by atoms with E-state index in [9.17, 15) is 13.6 Å². The summed E-state index contributed by atoms with van der Waals surface area (Å²) in [7, 11) is 5.31. The Balaban J connectivity index is 2.02. The number of nitrogens with zero attached hydrogens (tertiary/aromatic N) is 3. The van der Waals surface area contributed by atoms with Gasteiger partial charge in [-0.15, -0.1) is 0 Å². The van der Waals surface area contributed by atoms with Gasteiger partial charge in [-0.1, -0.05) is 0 Å². The summed E-state index contributed by atoms with van der Waals surface area (Å²) in [6.07, 6.45) is 1.67. The summed E-state index contributed by atoms with van der Waals surface area (Å²) in [5.41, 5.74) is 1.03. The Morgan fingerprint density at radius 1 is 1.20 bits per heavy atom. The number of carbonyl (C=O) groups is 1. The van der Waals surface area contributed by atoms with Crippen LogP contribution in [0.15, 0.2) is 36.5 Å². The van der Waals surface area contributed by atoms with Crippen molar-refractivity contribution in [1.29, 1.82) is 0 Å². The van der Waals surface area contributed by atoms with E-state index in [2.05, 4.69) is 10.3 Å². The molecule has 5 nitrogen and oxygen atoms in total. The van der Waals surface area contributed by atoms with Gasteiger partial charge in [0, 0.05) is 39.4 Å². The SMILES string of the molecule is C[C@@H](c1cc(F)ccc1F)N(C)C(=O)NCc1ccnc(N(C)C)c1. The van der Waals surface area contributed by atoms with E-state index >= 15 is 0 Å². The highest BCUT2D eigenvalue weighted by Crippen LogP contribution is 2.22. The third kappa shape index (κ3) is 4.65. The van der Waals surface area contributed by atoms with Crippen LogP contribution in [0.2, 0.25) is 0 Å². The first kappa shape index (κ1) is 18.6. The fraction of sp³-hybridized carbons (Fsp3) is 0.333. The van der Waals surface area contributed by atoms with Crippen LogP contribution in [-0.2, 0) is 6.54 Å². The highest BCUT2D eigenvalue weighted by atomic mass is 19.1. The zero-order valence-corrected chi connectivity index (χ0v) is 14.8. The van der Waals surface area contributed by atoms with E-state index in [1.807, 2.05) is 31.1 Å². The molecule has 1 N–H and O–H groups in total. The van der Waals surface area contributed by atoms with Crippen molar-refractivity contribution in [3.8, 4) is 0 Å². The third-order valence-corrected chi connectivity index (χ3v) is 4.02.